The SMILES string of the molecule is Cc1ccc(CN2CCOCC2)cc1NC(=O)c1ccc(Nc2nc(-c3ccc(OC(F)(F)F)cc3)c3cc[nH]c3n2)cc1. The number of nitrogens with one attached hydrogen (secondary N) is 3. The first-order valence-electron chi connectivity index (χ1n) is 14.0. The maximum Gasteiger partial charge on any atom is 0.573 e. The molecule has 1 amide bonds. The minimum atomic E-state index is -4.77. The van der Waals surface area contributed by atoms with Crippen LogP contribution in [0.3, 0.4) is 0 Å². The number of carbonyl (C=O) groups is 1. The minimum Gasteiger partial charge on any atom is -0.406 e. The van der Waals surface area contributed by atoms with E-state index in [9.17, 15) is 18.0 Å². The molecule has 0 unspecified atom stereocenters. The predicted octanol–water partition coefficient (Wildman–Crippen LogP) is 6.66. The van der Waals surface area contributed by atoms with E-state index in [-0.39, 0.29) is 17.6 Å². The highest BCUT2D eigenvalue weighted by Gasteiger charge is 2.31. The highest BCUT2D eigenvalue weighted by atomic mass is 19.4. The minimum absolute atomic E-state index is 0.229. The Labute approximate surface area is 251 Å². The molecule has 12 heteroatoms. The molecule has 0 atom stereocenters. The Morgan fingerprint density at radius 3 is 2.48 bits per heavy atom. The molecule has 226 valence electrons. The number of alkyl halides is 3. The van der Waals surface area contributed by atoms with Gasteiger partial charge in [0.1, 0.15) is 11.4 Å². The number of ether oxygens (including phenoxy) is 2. The Balaban J connectivity index is 1.15. The predicted molar refractivity (Wildman–Crippen MR) is 161 cm³/mol. The van der Waals surface area contributed by atoms with E-state index in [1.807, 2.05) is 19.1 Å². The lowest BCUT2D eigenvalue weighted by Crippen LogP contribution is -2.35. The Kier molecular flexibility index (Phi) is 8.18. The Morgan fingerprint density at radius 2 is 1.75 bits per heavy atom. The maximum absolute atomic E-state index is 13.1. The van der Waals surface area contributed by atoms with Crippen LogP contribution >= 0.6 is 0 Å². The fourth-order valence-electron chi connectivity index (χ4n) is 4.98. The molecule has 1 aliphatic rings. The number of nitrogens with zero attached hydrogens (tertiary/aromatic N) is 3. The molecule has 0 aliphatic carbocycles. The number of anilines is 3. The number of benzene rings is 3. The van der Waals surface area contributed by atoms with Crippen LogP contribution in [0.15, 0.2) is 79.0 Å². The van der Waals surface area contributed by atoms with E-state index in [1.54, 1.807) is 36.5 Å². The van der Waals surface area contributed by atoms with E-state index in [1.165, 1.54) is 24.3 Å². The van der Waals surface area contributed by atoms with E-state index in [0.717, 1.165) is 49.7 Å². The first-order chi connectivity index (χ1) is 21.2. The van der Waals surface area contributed by atoms with Crippen molar-refractivity contribution in [1.29, 1.82) is 0 Å². The molecule has 0 saturated carbocycles. The summed E-state index contributed by atoms with van der Waals surface area (Å²) in [5.74, 6) is -0.276. The van der Waals surface area contributed by atoms with Gasteiger partial charge in [0.15, 0.2) is 0 Å². The Bertz CT molecular complexity index is 1770. The van der Waals surface area contributed by atoms with E-state index in [4.69, 9.17) is 4.74 Å². The van der Waals surface area contributed by atoms with Crippen LogP contribution in [0.5, 0.6) is 5.75 Å². The van der Waals surface area contributed by atoms with Crippen molar-refractivity contribution in [3.8, 4) is 17.0 Å². The molecule has 0 radical (unpaired) electrons. The van der Waals surface area contributed by atoms with Crippen LogP contribution in [-0.4, -0.2) is 58.4 Å². The zero-order chi connectivity index (χ0) is 30.7. The van der Waals surface area contributed by atoms with E-state index in [2.05, 4.69) is 41.3 Å². The van der Waals surface area contributed by atoms with Gasteiger partial charge in [0.05, 0.1) is 18.9 Å². The Hall–Kier alpha value is -4.94. The summed E-state index contributed by atoms with van der Waals surface area (Å²) in [6, 6.07) is 20.3. The van der Waals surface area contributed by atoms with Crippen molar-refractivity contribution in [3.05, 3.63) is 95.7 Å². The molecule has 0 bridgehead atoms. The highest BCUT2D eigenvalue weighted by Crippen LogP contribution is 2.31. The molecule has 5 aromatic rings. The summed E-state index contributed by atoms with van der Waals surface area (Å²) in [6.07, 6.45) is -3.06. The van der Waals surface area contributed by atoms with Crippen LogP contribution in [0.4, 0.5) is 30.5 Å². The maximum atomic E-state index is 13.1. The van der Waals surface area contributed by atoms with Crippen LogP contribution in [0.1, 0.15) is 21.5 Å². The molecular weight excluding hydrogens is 573 g/mol. The topological polar surface area (TPSA) is 104 Å². The van der Waals surface area contributed by atoms with Gasteiger partial charge >= 0.3 is 6.36 Å². The van der Waals surface area contributed by atoms with Gasteiger partial charge in [-0.1, -0.05) is 12.1 Å². The van der Waals surface area contributed by atoms with Crippen molar-refractivity contribution in [2.45, 2.75) is 19.8 Å². The van der Waals surface area contributed by atoms with Gasteiger partial charge in [-0.2, -0.15) is 4.98 Å². The number of rotatable bonds is 8. The summed E-state index contributed by atoms with van der Waals surface area (Å²) in [5, 5.41) is 6.88. The molecule has 0 spiro atoms. The van der Waals surface area contributed by atoms with Crippen molar-refractivity contribution in [3.63, 3.8) is 0 Å². The molecule has 1 saturated heterocycles. The molecule has 1 aliphatic heterocycles. The van der Waals surface area contributed by atoms with E-state index >= 15 is 0 Å². The zero-order valence-corrected chi connectivity index (χ0v) is 23.7. The normalized spacial score (nSPS) is 14.0. The number of H-pyrrole nitrogens is 1. The number of aryl methyl sites for hydroxylation is 1. The van der Waals surface area contributed by atoms with Gasteiger partial charge in [-0.05, 0) is 78.7 Å². The number of hydrogen-bond acceptors (Lipinski definition) is 7. The van der Waals surface area contributed by atoms with Crippen molar-refractivity contribution < 1.29 is 27.4 Å². The third-order valence-electron chi connectivity index (χ3n) is 7.24. The first-order valence-corrected chi connectivity index (χ1v) is 14.0. The molecule has 6 rings (SSSR count). The number of halogens is 3. The quantitative estimate of drug-likeness (QED) is 0.183. The average molecular weight is 603 g/mol. The number of aromatic nitrogens is 3. The standard InChI is InChI=1S/C32H29F3N6O3/c1-20-2-3-21(19-41-14-16-43-17-15-41)18-27(20)38-30(42)23-4-8-24(9-5-23)37-31-39-28(26-12-13-36-29(26)40-31)22-6-10-25(11-7-22)44-32(33,34)35/h2-13,18H,14-17,19H2,1H3,(H,38,42)(H2,36,37,39,40). The fourth-order valence-corrected chi connectivity index (χ4v) is 4.98. The van der Waals surface area contributed by atoms with Crippen LogP contribution < -0.4 is 15.4 Å². The van der Waals surface area contributed by atoms with Gasteiger partial charge < -0.3 is 25.1 Å². The lowest BCUT2D eigenvalue weighted by molar-refractivity contribution is -0.274. The summed E-state index contributed by atoms with van der Waals surface area (Å²) in [4.78, 5) is 27.6. The van der Waals surface area contributed by atoms with Gasteiger partial charge in [0, 0.05) is 53.7 Å². The lowest BCUT2D eigenvalue weighted by atomic mass is 10.1. The van der Waals surface area contributed by atoms with Gasteiger partial charge in [-0.25, -0.2) is 4.98 Å². The molecule has 44 heavy (non-hydrogen) atoms. The summed E-state index contributed by atoms with van der Waals surface area (Å²) in [5.41, 5.74) is 5.66. The number of hydrogen-bond donors (Lipinski definition) is 3. The van der Waals surface area contributed by atoms with Gasteiger partial charge in [-0.3, -0.25) is 9.69 Å². The van der Waals surface area contributed by atoms with Gasteiger partial charge in [0.25, 0.3) is 5.91 Å². The zero-order valence-electron chi connectivity index (χ0n) is 23.7. The summed E-state index contributed by atoms with van der Waals surface area (Å²) >= 11 is 0. The molecular formula is C32H29F3N6O3. The van der Waals surface area contributed by atoms with Crippen LogP contribution in [0, 0.1) is 6.92 Å². The summed E-state index contributed by atoms with van der Waals surface area (Å²) < 4.78 is 47.2. The number of morpholine rings is 1. The van der Waals surface area contributed by atoms with Crippen molar-refractivity contribution in [2.75, 3.05) is 36.9 Å². The van der Waals surface area contributed by atoms with Crippen LogP contribution in [0.2, 0.25) is 0 Å². The smallest absolute Gasteiger partial charge is 0.406 e. The number of aromatic amines is 1. The van der Waals surface area contributed by atoms with Crippen molar-refractivity contribution >= 4 is 34.3 Å². The third-order valence-corrected chi connectivity index (χ3v) is 7.24. The average Bonchev–Trinajstić information content (AvgIpc) is 3.48. The fraction of sp³-hybridized carbons (Fsp3) is 0.219. The first kappa shape index (κ1) is 29.1. The van der Waals surface area contributed by atoms with Gasteiger partial charge in [-0.15, -0.1) is 13.2 Å². The molecule has 2 aromatic heterocycles. The molecule has 1 fully saturated rings. The molecule has 9 nitrogen and oxygen atoms in total. The highest BCUT2D eigenvalue weighted by molar-refractivity contribution is 6.05. The van der Waals surface area contributed by atoms with Gasteiger partial charge in [0.2, 0.25) is 5.95 Å². The third kappa shape index (κ3) is 6.99. The summed E-state index contributed by atoms with van der Waals surface area (Å²) in [6.45, 7) is 5.98. The van der Waals surface area contributed by atoms with Crippen molar-refractivity contribution in [1.82, 2.24) is 19.9 Å². The monoisotopic (exact) mass is 602 g/mol. The number of carbonyl (C=O) groups excluding carboxylic acids is 1. The second kappa shape index (κ2) is 12.3. The van der Waals surface area contributed by atoms with Crippen LogP contribution in [-0.2, 0) is 11.3 Å². The molecule has 3 aromatic carbocycles. The van der Waals surface area contributed by atoms with Crippen LogP contribution in [0.25, 0.3) is 22.3 Å². The largest absolute Gasteiger partial charge is 0.573 e. The number of fused-ring (bicyclic) bond motifs is 1. The summed E-state index contributed by atoms with van der Waals surface area (Å²) in [7, 11) is 0. The molecule has 3 N–H and O–H groups in total. The van der Waals surface area contributed by atoms with E-state index < -0.39 is 6.36 Å². The lowest BCUT2D eigenvalue weighted by Gasteiger charge is -2.26. The second-order valence-corrected chi connectivity index (χ2v) is 10.4. The number of amides is 1. The Morgan fingerprint density at radius 1 is 1.00 bits per heavy atom. The van der Waals surface area contributed by atoms with Crippen molar-refractivity contribution in [2.24, 2.45) is 0 Å². The molecule has 3 heterocycles. The van der Waals surface area contributed by atoms with E-state index in [0.29, 0.717) is 33.5 Å². The second-order valence-electron chi connectivity index (χ2n) is 10.4.